The van der Waals surface area contributed by atoms with Gasteiger partial charge in [-0.15, -0.1) is 0 Å². The first-order chi connectivity index (χ1) is 9.01. The molecule has 20 heavy (non-hydrogen) atoms. The van der Waals surface area contributed by atoms with E-state index in [9.17, 15) is 9.59 Å². The number of nitrogens with zero attached hydrogens (tertiary/aromatic N) is 1. The molecule has 0 spiro atoms. The quantitative estimate of drug-likeness (QED) is 0.837. The highest BCUT2D eigenvalue weighted by Gasteiger charge is 2.32. The van der Waals surface area contributed by atoms with E-state index in [1.54, 1.807) is 0 Å². The van der Waals surface area contributed by atoms with E-state index in [4.69, 9.17) is 5.11 Å². The van der Waals surface area contributed by atoms with Gasteiger partial charge in [-0.25, -0.2) is 4.79 Å². The number of carbonyl (C=O) groups is 2. The average molecular weight is 284 g/mol. The van der Waals surface area contributed by atoms with Gasteiger partial charge in [-0.05, 0) is 51.9 Å². The van der Waals surface area contributed by atoms with E-state index in [1.165, 1.54) is 4.90 Å². The molecule has 0 bridgehead atoms. The number of carboxylic acids is 1. The first-order valence-corrected chi connectivity index (χ1v) is 7.31. The Morgan fingerprint density at radius 3 is 2.15 bits per heavy atom. The van der Waals surface area contributed by atoms with Crippen molar-refractivity contribution in [1.29, 1.82) is 0 Å². The Morgan fingerprint density at radius 1 is 1.25 bits per heavy atom. The second-order valence-corrected chi connectivity index (χ2v) is 7.54. The second kappa shape index (κ2) is 6.02. The van der Waals surface area contributed by atoms with Crippen molar-refractivity contribution in [1.82, 2.24) is 10.2 Å². The van der Waals surface area contributed by atoms with Crippen LogP contribution in [0.15, 0.2) is 0 Å². The molecule has 1 rings (SSSR count). The number of rotatable bonds is 3. The predicted molar refractivity (Wildman–Crippen MR) is 78.7 cm³/mol. The number of carbonyl (C=O) groups excluding carboxylic acids is 1. The third kappa shape index (κ3) is 5.02. The van der Waals surface area contributed by atoms with Gasteiger partial charge >= 0.3 is 12.0 Å². The van der Waals surface area contributed by atoms with Gasteiger partial charge in [0.15, 0.2) is 0 Å². The number of carboxylic acid groups (broad SMARTS) is 1. The van der Waals surface area contributed by atoms with Crippen LogP contribution < -0.4 is 5.32 Å². The van der Waals surface area contributed by atoms with E-state index in [1.807, 2.05) is 20.8 Å². The Hall–Kier alpha value is -1.26. The molecular weight excluding hydrogens is 256 g/mol. The third-order valence-corrected chi connectivity index (χ3v) is 4.02. The van der Waals surface area contributed by atoms with Crippen molar-refractivity contribution in [3.8, 4) is 0 Å². The molecule has 0 saturated heterocycles. The van der Waals surface area contributed by atoms with Crippen molar-refractivity contribution < 1.29 is 14.7 Å². The molecule has 0 aromatic carbocycles. The Kier molecular flexibility index (Phi) is 5.05. The van der Waals surface area contributed by atoms with Gasteiger partial charge in [-0.2, -0.15) is 0 Å². The lowest BCUT2D eigenvalue weighted by molar-refractivity contribution is -0.138. The summed E-state index contributed by atoms with van der Waals surface area (Å²) in [5, 5.41) is 11.9. The number of hydrogen-bond acceptors (Lipinski definition) is 2. The Bertz CT molecular complexity index is 362. The maximum absolute atomic E-state index is 12.3. The SMILES string of the molecule is CC1(C)CCC(NC(=O)N(CC(=O)O)C(C)(C)C)CC1. The molecule has 0 radical (unpaired) electrons. The Morgan fingerprint density at radius 2 is 1.75 bits per heavy atom. The molecule has 1 fully saturated rings. The van der Waals surface area contributed by atoms with E-state index in [-0.39, 0.29) is 18.6 Å². The van der Waals surface area contributed by atoms with Crippen LogP contribution in [0.25, 0.3) is 0 Å². The van der Waals surface area contributed by atoms with Crippen LogP contribution in [0.3, 0.4) is 0 Å². The Balaban J connectivity index is 2.61. The summed E-state index contributed by atoms with van der Waals surface area (Å²) in [5.74, 6) is -0.986. The minimum Gasteiger partial charge on any atom is -0.480 e. The highest BCUT2D eigenvalue weighted by atomic mass is 16.4. The molecule has 1 aliphatic carbocycles. The highest BCUT2D eigenvalue weighted by Crippen LogP contribution is 2.35. The summed E-state index contributed by atoms with van der Waals surface area (Å²) >= 11 is 0. The van der Waals surface area contributed by atoms with E-state index >= 15 is 0 Å². The predicted octanol–water partition coefficient (Wildman–Crippen LogP) is 2.85. The molecule has 116 valence electrons. The number of nitrogens with one attached hydrogen (secondary N) is 1. The summed E-state index contributed by atoms with van der Waals surface area (Å²) < 4.78 is 0. The van der Waals surface area contributed by atoms with Gasteiger partial charge in [0.05, 0.1) is 0 Å². The monoisotopic (exact) mass is 284 g/mol. The van der Waals surface area contributed by atoms with Crippen LogP contribution in [0.4, 0.5) is 4.79 Å². The van der Waals surface area contributed by atoms with Gasteiger partial charge in [-0.1, -0.05) is 13.8 Å². The highest BCUT2D eigenvalue weighted by molar-refractivity contribution is 5.81. The average Bonchev–Trinajstić information content (AvgIpc) is 2.27. The molecule has 0 aromatic heterocycles. The molecular formula is C15H28N2O3. The fraction of sp³-hybridized carbons (Fsp3) is 0.867. The number of amides is 2. The topological polar surface area (TPSA) is 69.6 Å². The van der Waals surface area contributed by atoms with E-state index in [2.05, 4.69) is 19.2 Å². The summed E-state index contributed by atoms with van der Waals surface area (Å²) in [6, 6.07) is -0.112. The first-order valence-electron chi connectivity index (χ1n) is 7.31. The largest absolute Gasteiger partial charge is 0.480 e. The first kappa shape index (κ1) is 16.8. The number of hydrogen-bond donors (Lipinski definition) is 2. The minimum atomic E-state index is -0.986. The molecule has 0 aliphatic heterocycles. The molecule has 2 N–H and O–H groups in total. The zero-order valence-corrected chi connectivity index (χ0v) is 13.3. The van der Waals surface area contributed by atoms with Gasteiger partial charge in [0.1, 0.15) is 6.54 Å². The van der Waals surface area contributed by atoms with Crippen molar-refractivity contribution >= 4 is 12.0 Å². The number of aliphatic carboxylic acids is 1. The summed E-state index contributed by atoms with van der Waals surface area (Å²) in [6.45, 7) is 9.76. The smallest absolute Gasteiger partial charge is 0.323 e. The standard InChI is InChI=1S/C15H28N2O3/c1-14(2,3)17(10-12(18)19)13(20)16-11-6-8-15(4,5)9-7-11/h11H,6-10H2,1-5H3,(H,16,20)(H,18,19). The van der Waals surface area contributed by atoms with Crippen LogP contribution in [0.2, 0.25) is 0 Å². The summed E-state index contributed by atoms with van der Waals surface area (Å²) in [6.07, 6.45) is 4.10. The summed E-state index contributed by atoms with van der Waals surface area (Å²) in [4.78, 5) is 24.6. The van der Waals surface area contributed by atoms with Crippen molar-refractivity contribution in [3.05, 3.63) is 0 Å². The molecule has 0 atom stereocenters. The van der Waals surface area contributed by atoms with E-state index in [0.717, 1.165) is 25.7 Å². The van der Waals surface area contributed by atoms with Crippen LogP contribution in [-0.4, -0.2) is 40.1 Å². The van der Waals surface area contributed by atoms with E-state index in [0.29, 0.717) is 5.41 Å². The van der Waals surface area contributed by atoms with Crippen molar-refractivity contribution in [2.75, 3.05) is 6.54 Å². The molecule has 5 heteroatoms. The molecule has 0 unspecified atom stereocenters. The normalized spacial score (nSPS) is 19.4. The van der Waals surface area contributed by atoms with Gasteiger partial charge in [0.25, 0.3) is 0 Å². The van der Waals surface area contributed by atoms with Crippen molar-refractivity contribution in [2.24, 2.45) is 5.41 Å². The molecule has 0 aromatic rings. The van der Waals surface area contributed by atoms with Crippen LogP contribution in [0.1, 0.15) is 60.3 Å². The van der Waals surface area contributed by atoms with Crippen LogP contribution in [0, 0.1) is 5.41 Å². The zero-order chi connectivity index (χ0) is 15.6. The van der Waals surface area contributed by atoms with Crippen LogP contribution >= 0.6 is 0 Å². The molecule has 2 amide bonds. The van der Waals surface area contributed by atoms with Gasteiger partial charge in [0, 0.05) is 11.6 Å². The lowest BCUT2D eigenvalue weighted by atomic mass is 9.75. The van der Waals surface area contributed by atoms with Gasteiger partial charge < -0.3 is 15.3 Å². The maximum Gasteiger partial charge on any atom is 0.323 e. The van der Waals surface area contributed by atoms with Crippen LogP contribution in [-0.2, 0) is 4.79 Å². The number of urea groups is 1. The Labute approximate surface area is 121 Å². The van der Waals surface area contributed by atoms with Gasteiger partial charge in [-0.3, -0.25) is 4.79 Å². The van der Waals surface area contributed by atoms with Gasteiger partial charge in [0.2, 0.25) is 0 Å². The summed E-state index contributed by atoms with van der Waals surface area (Å²) in [7, 11) is 0. The van der Waals surface area contributed by atoms with Crippen molar-refractivity contribution in [2.45, 2.75) is 71.9 Å². The molecule has 1 aliphatic rings. The second-order valence-electron chi connectivity index (χ2n) is 7.54. The maximum atomic E-state index is 12.3. The molecule has 1 saturated carbocycles. The van der Waals surface area contributed by atoms with Crippen molar-refractivity contribution in [3.63, 3.8) is 0 Å². The fourth-order valence-corrected chi connectivity index (χ4v) is 2.55. The zero-order valence-electron chi connectivity index (χ0n) is 13.3. The summed E-state index contributed by atoms with van der Waals surface area (Å²) in [5.41, 5.74) is -0.150. The lowest BCUT2D eigenvalue weighted by Gasteiger charge is -2.38. The molecule has 5 nitrogen and oxygen atoms in total. The van der Waals surface area contributed by atoms with E-state index < -0.39 is 11.5 Å². The minimum absolute atomic E-state index is 0.161. The lowest BCUT2D eigenvalue weighted by Crippen LogP contribution is -2.55. The fourth-order valence-electron chi connectivity index (χ4n) is 2.55. The van der Waals surface area contributed by atoms with Crippen LogP contribution in [0.5, 0.6) is 0 Å². The molecule has 0 heterocycles. The third-order valence-electron chi connectivity index (χ3n) is 4.02.